The number of hydrogen-bond donors (Lipinski definition) is 0. The van der Waals surface area contributed by atoms with E-state index in [0.29, 0.717) is 18.7 Å². The number of benzene rings is 2. The summed E-state index contributed by atoms with van der Waals surface area (Å²) in [5.74, 6) is -0.479. The van der Waals surface area contributed by atoms with Gasteiger partial charge in [-0.05, 0) is 48.7 Å². The van der Waals surface area contributed by atoms with E-state index in [-0.39, 0.29) is 11.5 Å². The summed E-state index contributed by atoms with van der Waals surface area (Å²) in [4.78, 5) is 12.3. The molecule has 5 nitrogen and oxygen atoms in total. The van der Waals surface area contributed by atoms with E-state index in [2.05, 4.69) is 0 Å². The lowest BCUT2D eigenvalue weighted by atomic mass is 10.2. The number of hydrogen-bond acceptors (Lipinski definition) is 4. The maximum Gasteiger partial charge on any atom is 0.338 e. The summed E-state index contributed by atoms with van der Waals surface area (Å²) in [6.45, 7) is 1.27. The smallest absolute Gasteiger partial charge is 0.338 e. The first-order valence-corrected chi connectivity index (χ1v) is 10.0. The van der Waals surface area contributed by atoms with Gasteiger partial charge in [-0.2, -0.15) is 4.31 Å². The summed E-state index contributed by atoms with van der Waals surface area (Å²) >= 11 is 0. The quantitative estimate of drug-likeness (QED) is 0.731. The first kappa shape index (κ1) is 18.4. The molecular weight excluding hydrogens is 350 g/mol. The van der Waals surface area contributed by atoms with Gasteiger partial charge in [0.2, 0.25) is 10.0 Å². The molecule has 0 spiro atoms. The van der Waals surface area contributed by atoms with Crippen molar-refractivity contribution >= 4 is 22.1 Å². The van der Waals surface area contributed by atoms with Gasteiger partial charge in [0.1, 0.15) is 6.61 Å². The molecule has 1 heterocycles. The van der Waals surface area contributed by atoms with Crippen molar-refractivity contribution in [2.45, 2.75) is 17.7 Å². The van der Waals surface area contributed by atoms with E-state index in [4.69, 9.17) is 4.74 Å². The largest absolute Gasteiger partial charge is 0.458 e. The normalized spacial score (nSPS) is 15.4. The molecule has 0 amide bonds. The fraction of sp³-hybridized carbons (Fsp3) is 0.250. The highest BCUT2D eigenvalue weighted by atomic mass is 32.2. The Morgan fingerprint density at radius 3 is 2.31 bits per heavy atom. The second-order valence-corrected chi connectivity index (χ2v) is 7.99. The average molecular weight is 371 g/mol. The highest BCUT2D eigenvalue weighted by Gasteiger charge is 2.27. The van der Waals surface area contributed by atoms with Crippen LogP contribution in [0.3, 0.4) is 0 Å². The van der Waals surface area contributed by atoms with Crippen molar-refractivity contribution in [1.29, 1.82) is 0 Å². The summed E-state index contributed by atoms with van der Waals surface area (Å²) in [5.41, 5.74) is 1.36. The van der Waals surface area contributed by atoms with E-state index in [1.54, 1.807) is 6.08 Å². The number of carbonyl (C=O) groups is 1. The van der Waals surface area contributed by atoms with Crippen LogP contribution in [0.15, 0.2) is 65.6 Å². The molecule has 3 rings (SSSR count). The van der Waals surface area contributed by atoms with Crippen molar-refractivity contribution in [3.63, 3.8) is 0 Å². The Balaban J connectivity index is 1.58. The van der Waals surface area contributed by atoms with Crippen LogP contribution in [0, 0.1) is 0 Å². The third-order valence-corrected chi connectivity index (χ3v) is 6.13. The van der Waals surface area contributed by atoms with Gasteiger partial charge < -0.3 is 4.74 Å². The minimum atomic E-state index is -3.46. The molecule has 26 heavy (non-hydrogen) atoms. The predicted octanol–water partition coefficient (Wildman–Crippen LogP) is 3.34. The molecule has 1 saturated heterocycles. The van der Waals surface area contributed by atoms with Crippen molar-refractivity contribution in [1.82, 2.24) is 4.31 Å². The summed E-state index contributed by atoms with van der Waals surface area (Å²) in [6.07, 6.45) is 5.42. The van der Waals surface area contributed by atoms with Crippen molar-refractivity contribution in [3.05, 3.63) is 71.8 Å². The summed E-state index contributed by atoms with van der Waals surface area (Å²) in [6, 6.07) is 15.6. The van der Waals surface area contributed by atoms with Crippen LogP contribution in [0.1, 0.15) is 28.8 Å². The van der Waals surface area contributed by atoms with E-state index < -0.39 is 16.0 Å². The molecule has 0 aliphatic carbocycles. The zero-order chi connectivity index (χ0) is 18.4. The molecular formula is C20H21NO4S. The minimum absolute atomic E-state index is 0.154. The highest BCUT2D eigenvalue weighted by molar-refractivity contribution is 7.89. The van der Waals surface area contributed by atoms with Crippen molar-refractivity contribution in [2.24, 2.45) is 0 Å². The van der Waals surface area contributed by atoms with Gasteiger partial charge in [-0.15, -0.1) is 0 Å². The Labute approximate surface area is 154 Å². The second-order valence-electron chi connectivity index (χ2n) is 6.05. The molecule has 0 saturated carbocycles. The fourth-order valence-corrected chi connectivity index (χ4v) is 4.31. The minimum Gasteiger partial charge on any atom is -0.458 e. The highest BCUT2D eigenvalue weighted by Crippen LogP contribution is 2.21. The average Bonchev–Trinajstić information content (AvgIpc) is 3.22. The molecule has 1 aliphatic rings. The van der Waals surface area contributed by atoms with Crippen LogP contribution >= 0.6 is 0 Å². The summed E-state index contributed by atoms with van der Waals surface area (Å²) in [5, 5.41) is 0. The maximum atomic E-state index is 12.5. The van der Waals surface area contributed by atoms with Crippen LogP contribution in [0.25, 0.3) is 6.08 Å². The Bertz CT molecular complexity index is 868. The predicted molar refractivity (Wildman–Crippen MR) is 100 cm³/mol. The van der Waals surface area contributed by atoms with E-state index >= 15 is 0 Å². The van der Waals surface area contributed by atoms with Crippen molar-refractivity contribution in [2.75, 3.05) is 19.7 Å². The zero-order valence-corrected chi connectivity index (χ0v) is 15.2. The van der Waals surface area contributed by atoms with Crippen LogP contribution < -0.4 is 0 Å². The van der Waals surface area contributed by atoms with E-state index in [9.17, 15) is 13.2 Å². The van der Waals surface area contributed by atoms with Crippen LogP contribution in [0.2, 0.25) is 0 Å². The summed E-state index contributed by atoms with van der Waals surface area (Å²) in [7, 11) is -3.46. The molecule has 136 valence electrons. The lowest BCUT2D eigenvalue weighted by molar-refractivity contribution is 0.0550. The van der Waals surface area contributed by atoms with Crippen LogP contribution in [-0.4, -0.2) is 38.4 Å². The molecule has 0 aromatic heterocycles. The summed E-state index contributed by atoms with van der Waals surface area (Å²) < 4.78 is 31.6. The maximum absolute atomic E-state index is 12.5. The standard InChI is InChI=1S/C20H21NO4S/c22-20(25-16-6-9-17-7-2-1-3-8-17)18-10-12-19(13-11-18)26(23,24)21-14-4-5-15-21/h1-3,6-13H,4-5,14-16H2/b9-6+. The molecule has 0 unspecified atom stereocenters. The Morgan fingerprint density at radius 1 is 1.00 bits per heavy atom. The molecule has 0 radical (unpaired) electrons. The van der Waals surface area contributed by atoms with Gasteiger partial charge in [0.05, 0.1) is 10.5 Å². The Kier molecular flexibility index (Phi) is 5.85. The van der Waals surface area contributed by atoms with Crippen molar-refractivity contribution < 1.29 is 17.9 Å². The zero-order valence-electron chi connectivity index (χ0n) is 14.4. The molecule has 6 heteroatoms. The van der Waals surface area contributed by atoms with E-state index in [0.717, 1.165) is 18.4 Å². The third kappa shape index (κ3) is 4.39. The third-order valence-electron chi connectivity index (χ3n) is 4.21. The number of rotatable bonds is 6. The molecule has 0 bridgehead atoms. The number of ether oxygens (including phenoxy) is 1. The molecule has 0 atom stereocenters. The number of nitrogens with zero attached hydrogens (tertiary/aromatic N) is 1. The van der Waals surface area contributed by atoms with Gasteiger partial charge in [0.15, 0.2) is 0 Å². The first-order valence-electron chi connectivity index (χ1n) is 8.56. The Hall–Kier alpha value is -2.44. The van der Waals surface area contributed by atoms with Crippen LogP contribution in [-0.2, 0) is 14.8 Å². The van der Waals surface area contributed by atoms with Gasteiger partial charge in [-0.1, -0.05) is 36.4 Å². The van der Waals surface area contributed by atoms with Crippen LogP contribution in [0.4, 0.5) is 0 Å². The monoisotopic (exact) mass is 371 g/mol. The first-order chi connectivity index (χ1) is 12.6. The van der Waals surface area contributed by atoms with Crippen molar-refractivity contribution in [3.8, 4) is 0 Å². The van der Waals surface area contributed by atoms with Crippen LogP contribution in [0.5, 0.6) is 0 Å². The molecule has 2 aromatic rings. The van der Waals surface area contributed by atoms with Gasteiger partial charge in [0, 0.05) is 13.1 Å². The van der Waals surface area contributed by atoms with Gasteiger partial charge in [0.25, 0.3) is 0 Å². The second kappa shape index (κ2) is 8.29. The molecule has 1 aliphatic heterocycles. The molecule has 2 aromatic carbocycles. The molecule has 0 N–H and O–H groups in total. The van der Waals surface area contributed by atoms with E-state index in [1.165, 1.54) is 28.6 Å². The van der Waals surface area contributed by atoms with E-state index in [1.807, 2.05) is 36.4 Å². The fourth-order valence-electron chi connectivity index (χ4n) is 2.80. The number of carbonyl (C=O) groups excluding carboxylic acids is 1. The topological polar surface area (TPSA) is 63.7 Å². The SMILES string of the molecule is O=C(OC/C=C/c1ccccc1)c1ccc(S(=O)(=O)N2CCCC2)cc1. The Morgan fingerprint density at radius 2 is 1.65 bits per heavy atom. The van der Waals surface area contributed by atoms with Gasteiger partial charge >= 0.3 is 5.97 Å². The molecule has 1 fully saturated rings. The van der Waals surface area contributed by atoms with Gasteiger partial charge in [-0.25, -0.2) is 13.2 Å². The lowest BCUT2D eigenvalue weighted by Gasteiger charge is -2.15. The number of sulfonamides is 1. The number of esters is 1. The van der Waals surface area contributed by atoms with Gasteiger partial charge in [-0.3, -0.25) is 0 Å². The lowest BCUT2D eigenvalue weighted by Crippen LogP contribution is -2.27.